The molecule has 0 aromatic heterocycles. The number of benzene rings is 2. The fraction of sp³-hybridized carbons (Fsp3) is 0.316. The van der Waals surface area contributed by atoms with Crippen LogP contribution in [0.3, 0.4) is 0 Å². The van der Waals surface area contributed by atoms with Crippen LogP contribution in [0.4, 0.5) is 0 Å². The molecule has 2 rings (SSSR count). The number of methoxy groups -OCH3 is 2. The Bertz CT molecular complexity index is 613. The zero-order valence-electron chi connectivity index (χ0n) is 13.6. The van der Waals surface area contributed by atoms with E-state index in [1.165, 1.54) is 0 Å². The standard InChI is InChI=1S/C19H23NO3/c1-22-17-11-7-6-10-16(17)18(23-2)14-20-19(21)13-12-15-8-4-3-5-9-15/h3-11,18H,12-14H2,1-2H3,(H,20,21). The number of carbonyl (C=O) groups is 1. The summed E-state index contributed by atoms with van der Waals surface area (Å²) in [5.41, 5.74) is 2.09. The first-order valence-electron chi connectivity index (χ1n) is 7.71. The van der Waals surface area contributed by atoms with E-state index < -0.39 is 0 Å². The first-order chi connectivity index (χ1) is 11.2. The minimum Gasteiger partial charge on any atom is -0.496 e. The van der Waals surface area contributed by atoms with Crippen LogP contribution in [0.1, 0.15) is 23.7 Å². The highest BCUT2D eigenvalue weighted by molar-refractivity contribution is 5.76. The fourth-order valence-electron chi connectivity index (χ4n) is 2.45. The zero-order chi connectivity index (χ0) is 16.5. The van der Waals surface area contributed by atoms with Gasteiger partial charge in [-0.15, -0.1) is 0 Å². The van der Waals surface area contributed by atoms with E-state index in [9.17, 15) is 4.79 Å². The Balaban J connectivity index is 1.86. The van der Waals surface area contributed by atoms with Crippen molar-refractivity contribution in [1.29, 1.82) is 0 Å². The topological polar surface area (TPSA) is 47.6 Å². The molecule has 0 aliphatic carbocycles. The summed E-state index contributed by atoms with van der Waals surface area (Å²) in [7, 11) is 3.26. The van der Waals surface area contributed by atoms with Gasteiger partial charge in [-0.25, -0.2) is 0 Å². The van der Waals surface area contributed by atoms with Gasteiger partial charge in [0.05, 0.1) is 7.11 Å². The van der Waals surface area contributed by atoms with E-state index in [0.717, 1.165) is 23.3 Å². The molecule has 0 heterocycles. The summed E-state index contributed by atoms with van der Waals surface area (Å²) in [5, 5.41) is 2.93. The third kappa shape index (κ3) is 5.11. The molecule has 1 N–H and O–H groups in total. The van der Waals surface area contributed by atoms with Crippen LogP contribution < -0.4 is 10.1 Å². The minimum atomic E-state index is -0.230. The van der Waals surface area contributed by atoms with Gasteiger partial charge in [-0.1, -0.05) is 48.5 Å². The van der Waals surface area contributed by atoms with Crippen molar-refractivity contribution in [3.63, 3.8) is 0 Å². The molecule has 1 atom stereocenters. The van der Waals surface area contributed by atoms with E-state index in [-0.39, 0.29) is 12.0 Å². The van der Waals surface area contributed by atoms with Gasteiger partial charge in [0.2, 0.25) is 5.91 Å². The number of hydrogen-bond donors (Lipinski definition) is 1. The van der Waals surface area contributed by atoms with Gasteiger partial charge in [0.15, 0.2) is 0 Å². The Morgan fingerprint density at radius 2 is 1.74 bits per heavy atom. The maximum atomic E-state index is 12.0. The van der Waals surface area contributed by atoms with Crippen LogP contribution in [-0.4, -0.2) is 26.7 Å². The van der Waals surface area contributed by atoms with E-state index >= 15 is 0 Å². The SMILES string of the molecule is COc1ccccc1C(CNC(=O)CCc1ccccc1)OC. The summed E-state index contributed by atoms with van der Waals surface area (Å²) in [4.78, 5) is 12.0. The normalized spacial score (nSPS) is 11.7. The van der Waals surface area contributed by atoms with E-state index in [2.05, 4.69) is 5.32 Å². The lowest BCUT2D eigenvalue weighted by molar-refractivity contribution is -0.121. The molecule has 2 aromatic carbocycles. The molecule has 0 spiro atoms. The largest absolute Gasteiger partial charge is 0.496 e. The molecular weight excluding hydrogens is 290 g/mol. The van der Waals surface area contributed by atoms with Crippen LogP contribution in [0.15, 0.2) is 54.6 Å². The first-order valence-corrected chi connectivity index (χ1v) is 7.71. The molecule has 1 unspecified atom stereocenters. The molecule has 0 aliphatic rings. The molecule has 23 heavy (non-hydrogen) atoms. The number of hydrogen-bond acceptors (Lipinski definition) is 3. The lowest BCUT2D eigenvalue weighted by Gasteiger charge is -2.19. The molecule has 0 aliphatic heterocycles. The van der Waals surface area contributed by atoms with Crippen molar-refractivity contribution >= 4 is 5.91 Å². The molecule has 0 bridgehead atoms. The molecule has 0 saturated carbocycles. The molecule has 122 valence electrons. The Hall–Kier alpha value is -2.33. The Morgan fingerprint density at radius 3 is 2.43 bits per heavy atom. The quantitative estimate of drug-likeness (QED) is 0.814. The number of ether oxygens (including phenoxy) is 2. The molecule has 4 heteroatoms. The van der Waals surface area contributed by atoms with Crippen LogP contribution >= 0.6 is 0 Å². The van der Waals surface area contributed by atoms with Gasteiger partial charge in [-0.2, -0.15) is 0 Å². The number of para-hydroxylation sites is 1. The third-order valence-corrected chi connectivity index (χ3v) is 3.74. The summed E-state index contributed by atoms with van der Waals surface area (Å²) in [6.07, 6.45) is 0.970. The average molecular weight is 313 g/mol. The van der Waals surface area contributed by atoms with Gasteiger partial charge in [0.1, 0.15) is 11.9 Å². The lowest BCUT2D eigenvalue weighted by atomic mass is 10.1. The van der Waals surface area contributed by atoms with Crippen molar-refractivity contribution in [3.8, 4) is 5.75 Å². The molecule has 2 aromatic rings. The third-order valence-electron chi connectivity index (χ3n) is 3.74. The summed E-state index contributed by atoms with van der Waals surface area (Å²) in [6, 6.07) is 17.7. The van der Waals surface area contributed by atoms with Crippen LogP contribution in [0, 0.1) is 0 Å². The summed E-state index contributed by atoms with van der Waals surface area (Å²) in [6.45, 7) is 0.421. The second-order valence-electron chi connectivity index (χ2n) is 5.26. The highest BCUT2D eigenvalue weighted by Crippen LogP contribution is 2.26. The number of rotatable bonds is 8. The van der Waals surface area contributed by atoms with Crippen molar-refractivity contribution in [2.75, 3.05) is 20.8 Å². The predicted octanol–water partition coefficient (Wildman–Crippen LogP) is 3.13. The second-order valence-corrected chi connectivity index (χ2v) is 5.26. The van der Waals surface area contributed by atoms with Crippen molar-refractivity contribution in [1.82, 2.24) is 5.32 Å². The summed E-state index contributed by atoms with van der Waals surface area (Å²) >= 11 is 0. The monoisotopic (exact) mass is 313 g/mol. The highest BCUT2D eigenvalue weighted by Gasteiger charge is 2.16. The molecule has 0 fully saturated rings. The van der Waals surface area contributed by atoms with E-state index in [1.54, 1.807) is 14.2 Å². The maximum absolute atomic E-state index is 12.0. The lowest BCUT2D eigenvalue weighted by Crippen LogP contribution is -2.29. The van der Waals surface area contributed by atoms with E-state index in [1.807, 2.05) is 54.6 Å². The van der Waals surface area contributed by atoms with Gasteiger partial charge in [0, 0.05) is 25.6 Å². The summed E-state index contributed by atoms with van der Waals surface area (Å²) in [5.74, 6) is 0.781. The summed E-state index contributed by atoms with van der Waals surface area (Å²) < 4.78 is 10.8. The van der Waals surface area contributed by atoms with Gasteiger partial charge in [-0.3, -0.25) is 4.79 Å². The van der Waals surface area contributed by atoms with E-state index in [4.69, 9.17) is 9.47 Å². The zero-order valence-corrected chi connectivity index (χ0v) is 13.6. The Kier molecular flexibility index (Phi) is 6.63. The van der Waals surface area contributed by atoms with Crippen molar-refractivity contribution < 1.29 is 14.3 Å². The number of aryl methyl sites for hydroxylation is 1. The van der Waals surface area contributed by atoms with Gasteiger partial charge >= 0.3 is 0 Å². The van der Waals surface area contributed by atoms with Crippen LogP contribution in [0.25, 0.3) is 0 Å². The first kappa shape index (κ1) is 17.0. The fourth-order valence-corrected chi connectivity index (χ4v) is 2.45. The Morgan fingerprint density at radius 1 is 1.04 bits per heavy atom. The van der Waals surface area contributed by atoms with Crippen molar-refractivity contribution in [3.05, 3.63) is 65.7 Å². The van der Waals surface area contributed by atoms with E-state index in [0.29, 0.717) is 13.0 Å². The highest BCUT2D eigenvalue weighted by atomic mass is 16.5. The van der Waals surface area contributed by atoms with Crippen LogP contribution in [0.5, 0.6) is 5.75 Å². The minimum absolute atomic E-state index is 0.0193. The molecule has 0 saturated heterocycles. The molecule has 1 amide bonds. The van der Waals surface area contributed by atoms with Crippen LogP contribution in [-0.2, 0) is 16.0 Å². The van der Waals surface area contributed by atoms with Gasteiger partial charge in [-0.05, 0) is 18.1 Å². The van der Waals surface area contributed by atoms with Crippen LogP contribution in [0.2, 0.25) is 0 Å². The molecular formula is C19H23NO3. The smallest absolute Gasteiger partial charge is 0.220 e. The number of nitrogens with one attached hydrogen (secondary N) is 1. The predicted molar refractivity (Wildman–Crippen MR) is 90.5 cm³/mol. The van der Waals surface area contributed by atoms with Crippen molar-refractivity contribution in [2.24, 2.45) is 0 Å². The average Bonchev–Trinajstić information content (AvgIpc) is 2.61. The number of amides is 1. The van der Waals surface area contributed by atoms with Gasteiger partial charge < -0.3 is 14.8 Å². The maximum Gasteiger partial charge on any atom is 0.220 e. The van der Waals surface area contributed by atoms with Crippen molar-refractivity contribution in [2.45, 2.75) is 18.9 Å². The second kappa shape index (κ2) is 8.96. The number of carbonyl (C=O) groups excluding carboxylic acids is 1. The van der Waals surface area contributed by atoms with Gasteiger partial charge in [0.25, 0.3) is 0 Å². The molecule has 4 nitrogen and oxygen atoms in total. The molecule has 0 radical (unpaired) electrons. The Labute approximate surface area is 137 Å².